The molecule has 0 saturated carbocycles. The van der Waals surface area contributed by atoms with Crippen LogP contribution >= 0.6 is 0 Å². The van der Waals surface area contributed by atoms with E-state index in [4.69, 9.17) is 10.5 Å². The molecule has 7 heteroatoms. The SMILES string of the molecule is CCNS(=O)(=O)c1ccc(N)c(NC(C)(C)COC)c1. The second kappa shape index (κ2) is 6.43. The minimum atomic E-state index is -3.49. The first-order valence-corrected chi connectivity index (χ1v) is 7.86. The Morgan fingerprint density at radius 1 is 1.35 bits per heavy atom. The molecule has 0 aliphatic heterocycles. The summed E-state index contributed by atoms with van der Waals surface area (Å²) in [5, 5.41) is 3.20. The van der Waals surface area contributed by atoms with Gasteiger partial charge < -0.3 is 15.8 Å². The molecule has 0 aromatic heterocycles. The lowest BCUT2D eigenvalue weighted by Gasteiger charge is -2.27. The molecule has 6 nitrogen and oxygen atoms in total. The van der Waals surface area contributed by atoms with Crippen molar-refractivity contribution < 1.29 is 13.2 Å². The van der Waals surface area contributed by atoms with E-state index in [1.165, 1.54) is 12.1 Å². The predicted octanol–water partition coefficient (Wildman–Crippen LogP) is 1.40. The number of rotatable bonds is 7. The Labute approximate surface area is 120 Å². The molecule has 0 amide bonds. The van der Waals surface area contributed by atoms with E-state index in [1.807, 2.05) is 13.8 Å². The Bertz CT molecular complexity index is 556. The van der Waals surface area contributed by atoms with Crippen LogP contribution in [0.1, 0.15) is 20.8 Å². The summed E-state index contributed by atoms with van der Waals surface area (Å²) >= 11 is 0. The maximum Gasteiger partial charge on any atom is 0.240 e. The van der Waals surface area contributed by atoms with Gasteiger partial charge in [0, 0.05) is 13.7 Å². The average Bonchev–Trinajstić information content (AvgIpc) is 2.31. The van der Waals surface area contributed by atoms with E-state index < -0.39 is 10.0 Å². The minimum absolute atomic E-state index is 0.185. The summed E-state index contributed by atoms with van der Waals surface area (Å²) in [7, 11) is -1.88. The van der Waals surface area contributed by atoms with Gasteiger partial charge in [-0.15, -0.1) is 0 Å². The van der Waals surface area contributed by atoms with Gasteiger partial charge in [-0.05, 0) is 32.0 Å². The van der Waals surface area contributed by atoms with Crippen LogP contribution in [-0.2, 0) is 14.8 Å². The maximum absolute atomic E-state index is 12.0. The van der Waals surface area contributed by atoms with E-state index in [0.29, 0.717) is 24.5 Å². The molecule has 0 aliphatic rings. The van der Waals surface area contributed by atoms with Crippen LogP contribution in [0.25, 0.3) is 0 Å². The zero-order valence-corrected chi connectivity index (χ0v) is 13.2. The minimum Gasteiger partial charge on any atom is -0.397 e. The number of nitrogens with two attached hydrogens (primary N) is 1. The normalized spacial score (nSPS) is 12.4. The van der Waals surface area contributed by atoms with Gasteiger partial charge in [-0.1, -0.05) is 6.92 Å². The number of sulfonamides is 1. The molecule has 1 aromatic carbocycles. The van der Waals surface area contributed by atoms with Crippen LogP contribution in [0.15, 0.2) is 23.1 Å². The van der Waals surface area contributed by atoms with Crippen molar-refractivity contribution in [3.8, 4) is 0 Å². The highest BCUT2D eigenvalue weighted by Gasteiger charge is 2.20. The Hall–Kier alpha value is -1.31. The zero-order chi connectivity index (χ0) is 15.4. The zero-order valence-electron chi connectivity index (χ0n) is 12.4. The molecule has 0 saturated heterocycles. The molecule has 0 spiro atoms. The van der Waals surface area contributed by atoms with Crippen LogP contribution < -0.4 is 15.8 Å². The smallest absolute Gasteiger partial charge is 0.240 e. The van der Waals surface area contributed by atoms with Gasteiger partial charge >= 0.3 is 0 Å². The highest BCUT2D eigenvalue weighted by Crippen LogP contribution is 2.26. The summed E-state index contributed by atoms with van der Waals surface area (Å²) < 4.78 is 31.5. The van der Waals surface area contributed by atoms with Crippen molar-refractivity contribution in [1.29, 1.82) is 0 Å². The highest BCUT2D eigenvalue weighted by molar-refractivity contribution is 7.89. The first-order valence-electron chi connectivity index (χ1n) is 6.38. The summed E-state index contributed by atoms with van der Waals surface area (Å²) in [6, 6.07) is 4.60. The van der Waals surface area contributed by atoms with Crippen molar-refractivity contribution in [1.82, 2.24) is 4.72 Å². The molecule has 1 rings (SSSR count). The molecule has 0 unspecified atom stereocenters. The number of anilines is 2. The lowest BCUT2D eigenvalue weighted by molar-refractivity contribution is 0.158. The van der Waals surface area contributed by atoms with Gasteiger partial charge in [-0.2, -0.15) is 0 Å². The summed E-state index contributed by atoms with van der Waals surface area (Å²) in [6.45, 7) is 6.43. The van der Waals surface area contributed by atoms with Crippen LogP contribution in [0.2, 0.25) is 0 Å². The second-order valence-electron chi connectivity index (χ2n) is 5.19. The van der Waals surface area contributed by atoms with Crippen molar-refractivity contribution in [2.45, 2.75) is 31.2 Å². The molecule has 4 N–H and O–H groups in total. The third-order valence-electron chi connectivity index (χ3n) is 2.65. The standard InChI is InChI=1S/C13H23N3O3S/c1-5-15-20(17,18)10-6-7-11(14)12(8-10)16-13(2,3)9-19-4/h6-8,15-16H,5,9,14H2,1-4H3. The van der Waals surface area contributed by atoms with Crippen molar-refractivity contribution in [3.63, 3.8) is 0 Å². The largest absolute Gasteiger partial charge is 0.397 e. The molecule has 0 fully saturated rings. The summed E-state index contributed by atoms with van der Waals surface area (Å²) in [5.74, 6) is 0. The van der Waals surface area contributed by atoms with E-state index in [1.54, 1.807) is 20.1 Å². The fourth-order valence-corrected chi connectivity index (χ4v) is 2.91. The number of hydrogen-bond donors (Lipinski definition) is 3. The maximum atomic E-state index is 12.0. The first-order chi connectivity index (χ1) is 9.22. The van der Waals surface area contributed by atoms with E-state index >= 15 is 0 Å². The van der Waals surface area contributed by atoms with Gasteiger partial charge in [-0.25, -0.2) is 13.1 Å². The predicted molar refractivity (Wildman–Crippen MR) is 81.3 cm³/mol. The molecule has 114 valence electrons. The Kier molecular flexibility index (Phi) is 5.38. The van der Waals surface area contributed by atoms with Gasteiger partial charge in [0.05, 0.1) is 28.4 Å². The van der Waals surface area contributed by atoms with Gasteiger partial charge in [0.1, 0.15) is 0 Å². The average molecular weight is 301 g/mol. The van der Waals surface area contributed by atoms with Gasteiger partial charge in [0.15, 0.2) is 0 Å². The van der Waals surface area contributed by atoms with Crippen molar-refractivity contribution in [2.24, 2.45) is 0 Å². The molecule has 0 aliphatic carbocycles. The van der Waals surface area contributed by atoms with Crippen molar-refractivity contribution >= 4 is 21.4 Å². The number of nitrogens with one attached hydrogen (secondary N) is 2. The van der Waals surface area contributed by atoms with Gasteiger partial charge in [-0.3, -0.25) is 0 Å². The van der Waals surface area contributed by atoms with Crippen LogP contribution in [-0.4, -0.2) is 34.2 Å². The molecule has 0 heterocycles. The fraction of sp³-hybridized carbons (Fsp3) is 0.538. The molecule has 0 radical (unpaired) electrons. The number of hydrogen-bond acceptors (Lipinski definition) is 5. The van der Waals surface area contributed by atoms with E-state index in [-0.39, 0.29) is 10.4 Å². The number of nitrogen functional groups attached to an aromatic ring is 1. The molecule has 1 aromatic rings. The summed E-state index contributed by atoms with van der Waals surface area (Å²) in [4.78, 5) is 0.185. The molecule has 0 atom stereocenters. The molecule has 0 bridgehead atoms. The third-order valence-corrected chi connectivity index (χ3v) is 4.19. The number of benzene rings is 1. The molecular weight excluding hydrogens is 278 g/mol. The topological polar surface area (TPSA) is 93.5 Å². The van der Waals surface area contributed by atoms with Crippen LogP contribution in [0.5, 0.6) is 0 Å². The van der Waals surface area contributed by atoms with Crippen molar-refractivity contribution in [3.05, 3.63) is 18.2 Å². The Morgan fingerprint density at radius 2 is 2.00 bits per heavy atom. The van der Waals surface area contributed by atoms with Gasteiger partial charge in [0.2, 0.25) is 10.0 Å². The quantitative estimate of drug-likeness (QED) is 0.662. The molecular formula is C13H23N3O3S. The monoisotopic (exact) mass is 301 g/mol. The van der Waals surface area contributed by atoms with Crippen LogP contribution in [0.4, 0.5) is 11.4 Å². The van der Waals surface area contributed by atoms with E-state index in [9.17, 15) is 8.42 Å². The fourth-order valence-electron chi connectivity index (χ4n) is 1.85. The summed E-state index contributed by atoms with van der Waals surface area (Å²) in [5.41, 5.74) is 6.60. The van der Waals surface area contributed by atoms with E-state index in [0.717, 1.165) is 0 Å². The van der Waals surface area contributed by atoms with Crippen molar-refractivity contribution in [2.75, 3.05) is 31.3 Å². The van der Waals surface area contributed by atoms with Gasteiger partial charge in [0.25, 0.3) is 0 Å². The number of ether oxygens (including phenoxy) is 1. The van der Waals surface area contributed by atoms with Crippen LogP contribution in [0, 0.1) is 0 Å². The summed E-state index contributed by atoms with van der Waals surface area (Å²) in [6.07, 6.45) is 0. The lowest BCUT2D eigenvalue weighted by Crippen LogP contribution is -2.36. The second-order valence-corrected chi connectivity index (χ2v) is 6.96. The third kappa shape index (κ3) is 4.36. The molecule has 20 heavy (non-hydrogen) atoms. The lowest BCUT2D eigenvalue weighted by atomic mass is 10.1. The Balaban J connectivity index is 3.10. The van der Waals surface area contributed by atoms with Crippen LogP contribution in [0.3, 0.4) is 0 Å². The Morgan fingerprint density at radius 3 is 2.55 bits per heavy atom. The van der Waals surface area contributed by atoms with E-state index in [2.05, 4.69) is 10.0 Å². The number of methoxy groups -OCH3 is 1. The first kappa shape index (κ1) is 16.7. The highest BCUT2D eigenvalue weighted by atomic mass is 32.2.